The van der Waals surface area contributed by atoms with E-state index in [1.165, 1.54) is 7.11 Å². The van der Waals surface area contributed by atoms with Gasteiger partial charge in [-0.1, -0.05) is 55.5 Å². The Labute approximate surface area is 161 Å². The number of methoxy groups -OCH3 is 1. The molecule has 0 bridgehead atoms. The summed E-state index contributed by atoms with van der Waals surface area (Å²) in [7, 11) is 1.38. The van der Waals surface area contributed by atoms with Crippen LogP contribution in [0.25, 0.3) is 0 Å². The molecule has 0 aromatic carbocycles. The maximum atomic E-state index is 10.9. The molecule has 0 aromatic rings. The molecule has 0 rings (SSSR count). The standard InChI is InChI=1S/C19H22Br2O3/c1-24-19(23)15-10-8-6-4-2-3-5-7-9-14-18(22)17(21)13-11-12-16-20/h12,16-18,22H,5,7-10,14-15H2,1H3. The van der Waals surface area contributed by atoms with E-state index in [-0.39, 0.29) is 10.8 Å². The number of aliphatic hydroxyl groups is 1. The number of allylic oxidation sites excluding steroid dienone is 1. The Morgan fingerprint density at radius 3 is 2.50 bits per heavy atom. The lowest BCUT2D eigenvalue weighted by molar-refractivity contribution is -0.140. The molecule has 0 saturated heterocycles. The number of ether oxygens (including phenoxy) is 1. The molecule has 0 amide bonds. The second-order valence-corrected chi connectivity index (χ2v) is 6.34. The van der Waals surface area contributed by atoms with Gasteiger partial charge in [0, 0.05) is 19.3 Å². The van der Waals surface area contributed by atoms with E-state index in [0.717, 1.165) is 19.3 Å². The highest BCUT2D eigenvalue weighted by atomic mass is 79.9. The van der Waals surface area contributed by atoms with Gasteiger partial charge < -0.3 is 9.84 Å². The smallest absolute Gasteiger partial charge is 0.305 e. The molecule has 2 unspecified atom stereocenters. The molecule has 1 N–H and O–H groups in total. The molecule has 130 valence electrons. The second kappa shape index (κ2) is 16.7. The summed E-state index contributed by atoms with van der Waals surface area (Å²) in [6, 6.07) is 0. The molecule has 0 fully saturated rings. The molecule has 2 atom stereocenters. The molecule has 0 radical (unpaired) electrons. The number of aliphatic hydroxyl groups excluding tert-OH is 1. The number of carbonyl (C=O) groups is 1. The van der Waals surface area contributed by atoms with Crippen LogP contribution in [0.4, 0.5) is 0 Å². The van der Waals surface area contributed by atoms with Crippen LogP contribution in [0.15, 0.2) is 11.1 Å². The molecule has 0 spiro atoms. The van der Waals surface area contributed by atoms with E-state index in [0.29, 0.717) is 25.7 Å². The number of hydrogen-bond acceptors (Lipinski definition) is 3. The largest absolute Gasteiger partial charge is 0.469 e. The summed E-state index contributed by atoms with van der Waals surface area (Å²) in [6.45, 7) is 0. The van der Waals surface area contributed by atoms with Crippen LogP contribution in [0.2, 0.25) is 0 Å². The van der Waals surface area contributed by atoms with Gasteiger partial charge in [-0.25, -0.2) is 0 Å². The first-order chi connectivity index (χ1) is 11.6. The Bertz CT molecular complexity index is 565. The summed E-state index contributed by atoms with van der Waals surface area (Å²) < 4.78 is 4.54. The highest BCUT2D eigenvalue weighted by molar-refractivity contribution is 9.11. The van der Waals surface area contributed by atoms with Crippen LogP contribution in [0.1, 0.15) is 44.9 Å². The fraction of sp³-hybridized carbons (Fsp3) is 0.526. The predicted molar refractivity (Wildman–Crippen MR) is 104 cm³/mol. The van der Waals surface area contributed by atoms with Crippen molar-refractivity contribution in [3.05, 3.63) is 11.1 Å². The molecule has 0 aliphatic rings. The van der Waals surface area contributed by atoms with Crippen LogP contribution in [0.5, 0.6) is 0 Å². The lowest BCUT2D eigenvalue weighted by atomic mass is 10.1. The molecular formula is C19H22Br2O3. The van der Waals surface area contributed by atoms with Gasteiger partial charge in [-0.15, -0.1) is 0 Å². The first-order valence-corrected chi connectivity index (χ1v) is 9.56. The predicted octanol–water partition coefficient (Wildman–Crippen LogP) is 3.93. The molecule has 0 aromatic heterocycles. The first kappa shape index (κ1) is 22.8. The maximum absolute atomic E-state index is 10.9. The van der Waals surface area contributed by atoms with Crippen molar-refractivity contribution in [3.63, 3.8) is 0 Å². The van der Waals surface area contributed by atoms with Gasteiger partial charge in [0.15, 0.2) is 0 Å². The molecule has 0 aliphatic carbocycles. The van der Waals surface area contributed by atoms with Crippen molar-refractivity contribution < 1.29 is 14.6 Å². The van der Waals surface area contributed by atoms with Crippen LogP contribution >= 0.6 is 31.9 Å². The minimum atomic E-state index is -0.483. The number of esters is 1. The number of rotatable bonds is 8. The van der Waals surface area contributed by atoms with Crippen LogP contribution in [-0.2, 0) is 9.53 Å². The second-order valence-electron chi connectivity index (χ2n) is 4.83. The average Bonchev–Trinajstić information content (AvgIpc) is 2.59. The summed E-state index contributed by atoms with van der Waals surface area (Å²) in [6.07, 6.45) is 6.18. The number of carbonyl (C=O) groups excluding carboxylic acids is 1. The third-order valence-electron chi connectivity index (χ3n) is 2.91. The third-order valence-corrected chi connectivity index (χ3v) is 4.01. The highest BCUT2D eigenvalue weighted by Crippen LogP contribution is 2.12. The Hall–Kier alpha value is -1.19. The lowest BCUT2D eigenvalue weighted by Gasteiger charge is -2.11. The van der Waals surface area contributed by atoms with E-state index < -0.39 is 6.10 Å². The van der Waals surface area contributed by atoms with Crippen molar-refractivity contribution in [1.29, 1.82) is 0 Å². The quantitative estimate of drug-likeness (QED) is 0.260. The number of hydrogen-bond donors (Lipinski definition) is 1. The normalized spacial score (nSPS) is 12.0. The SMILES string of the molecule is COC(=O)CCCC#CC#CCCCCC(O)C(Br)C#CC=CBr. The van der Waals surface area contributed by atoms with E-state index in [1.807, 2.05) is 0 Å². The Balaban J connectivity index is 3.74. The van der Waals surface area contributed by atoms with Crippen LogP contribution < -0.4 is 0 Å². The molecule has 0 aliphatic heterocycles. The van der Waals surface area contributed by atoms with Crippen LogP contribution in [0, 0.1) is 35.5 Å². The van der Waals surface area contributed by atoms with E-state index in [9.17, 15) is 9.90 Å². The van der Waals surface area contributed by atoms with Crippen molar-refractivity contribution in [1.82, 2.24) is 0 Å². The molecule has 0 heterocycles. The van der Waals surface area contributed by atoms with Crippen LogP contribution in [-0.4, -0.2) is 29.1 Å². The van der Waals surface area contributed by atoms with Gasteiger partial charge in [0.1, 0.15) is 4.83 Å². The number of halogens is 2. The zero-order valence-corrected chi connectivity index (χ0v) is 17.0. The third kappa shape index (κ3) is 14.4. The van der Waals surface area contributed by atoms with Crippen molar-refractivity contribution in [2.75, 3.05) is 7.11 Å². The first-order valence-electron chi connectivity index (χ1n) is 7.72. The van der Waals surface area contributed by atoms with Gasteiger partial charge in [0.05, 0.1) is 13.2 Å². The molecule has 24 heavy (non-hydrogen) atoms. The van der Waals surface area contributed by atoms with E-state index in [2.05, 4.69) is 72.1 Å². The lowest BCUT2D eigenvalue weighted by Crippen LogP contribution is -2.18. The Morgan fingerprint density at radius 1 is 1.21 bits per heavy atom. The highest BCUT2D eigenvalue weighted by Gasteiger charge is 2.12. The zero-order valence-electron chi connectivity index (χ0n) is 13.8. The monoisotopic (exact) mass is 456 g/mol. The molecular weight excluding hydrogens is 436 g/mol. The fourth-order valence-corrected chi connectivity index (χ4v) is 2.13. The molecule has 0 saturated carbocycles. The number of unbranched alkanes of at least 4 members (excludes halogenated alkanes) is 3. The van der Waals surface area contributed by atoms with Gasteiger partial charge >= 0.3 is 5.97 Å². The molecule has 5 heteroatoms. The van der Waals surface area contributed by atoms with Crippen molar-refractivity contribution in [2.24, 2.45) is 0 Å². The number of alkyl halides is 1. The van der Waals surface area contributed by atoms with Crippen LogP contribution in [0.3, 0.4) is 0 Å². The van der Waals surface area contributed by atoms with E-state index in [4.69, 9.17) is 0 Å². The summed E-state index contributed by atoms with van der Waals surface area (Å²) in [5.41, 5.74) is 0. The van der Waals surface area contributed by atoms with Gasteiger partial charge in [-0.05, 0) is 48.6 Å². The van der Waals surface area contributed by atoms with E-state index >= 15 is 0 Å². The summed E-state index contributed by atoms with van der Waals surface area (Å²) in [5.74, 6) is 17.0. The van der Waals surface area contributed by atoms with Crippen molar-refractivity contribution in [2.45, 2.75) is 55.9 Å². The van der Waals surface area contributed by atoms with E-state index in [1.54, 1.807) is 11.1 Å². The summed E-state index contributed by atoms with van der Waals surface area (Å²) >= 11 is 6.50. The summed E-state index contributed by atoms with van der Waals surface area (Å²) in [5, 5.41) is 9.92. The summed E-state index contributed by atoms with van der Waals surface area (Å²) in [4.78, 5) is 12.3. The Morgan fingerprint density at radius 2 is 1.88 bits per heavy atom. The van der Waals surface area contributed by atoms with Crippen molar-refractivity contribution in [3.8, 4) is 35.5 Å². The van der Waals surface area contributed by atoms with Gasteiger partial charge in [0.2, 0.25) is 0 Å². The maximum Gasteiger partial charge on any atom is 0.305 e. The van der Waals surface area contributed by atoms with Crippen molar-refractivity contribution >= 4 is 37.8 Å². The van der Waals surface area contributed by atoms with Gasteiger partial charge in [-0.3, -0.25) is 4.79 Å². The van der Waals surface area contributed by atoms with Gasteiger partial charge in [0.25, 0.3) is 0 Å². The minimum Gasteiger partial charge on any atom is -0.469 e. The van der Waals surface area contributed by atoms with Gasteiger partial charge in [-0.2, -0.15) is 0 Å². The zero-order chi connectivity index (χ0) is 18.0. The average molecular weight is 458 g/mol. The fourth-order valence-electron chi connectivity index (χ4n) is 1.61. The topological polar surface area (TPSA) is 46.5 Å². The molecule has 3 nitrogen and oxygen atoms in total. The Kier molecular flexibility index (Phi) is 15.8. The minimum absolute atomic E-state index is 0.207.